The van der Waals surface area contributed by atoms with Gasteiger partial charge in [0.15, 0.2) is 0 Å². The van der Waals surface area contributed by atoms with Crippen molar-refractivity contribution in [1.29, 1.82) is 0 Å². The number of likely N-dealkylation sites (tertiary alicyclic amines) is 1. The maximum Gasteiger partial charge on any atom is 0.321 e. The van der Waals surface area contributed by atoms with Crippen LogP contribution in [0.15, 0.2) is 29.2 Å². The van der Waals surface area contributed by atoms with Gasteiger partial charge in [0.25, 0.3) is 0 Å². The smallest absolute Gasteiger partial charge is 0.321 e. The molecule has 1 aliphatic heterocycles. The van der Waals surface area contributed by atoms with Gasteiger partial charge in [-0.15, -0.1) is 11.8 Å². The predicted octanol–water partition coefficient (Wildman–Crippen LogP) is 3.10. The first-order valence-corrected chi connectivity index (χ1v) is 7.92. The van der Waals surface area contributed by atoms with Crippen molar-refractivity contribution in [2.45, 2.75) is 30.7 Å². The molecule has 1 saturated heterocycles. The van der Waals surface area contributed by atoms with Crippen LogP contribution in [0.5, 0.6) is 0 Å². The minimum atomic E-state index is -0.743. The average molecular weight is 297 g/mol. The molecule has 1 aromatic carbocycles. The molecule has 5 heteroatoms. The molecular weight excluding hydrogens is 277 g/mol. The third-order valence-electron chi connectivity index (χ3n) is 3.76. The van der Waals surface area contributed by atoms with Crippen molar-refractivity contribution in [2.24, 2.45) is 5.92 Å². The van der Waals surface area contributed by atoms with Gasteiger partial charge in [-0.05, 0) is 37.4 Å². The molecule has 1 fully saturated rings. The molecule has 1 N–H and O–H groups in total. The van der Waals surface area contributed by atoms with E-state index in [1.165, 1.54) is 17.8 Å². The van der Waals surface area contributed by atoms with Gasteiger partial charge in [-0.3, -0.25) is 9.69 Å². The van der Waals surface area contributed by atoms with E-state index in [1.807, 2.05) is 17.9 Å². The Hall–Kier alpha value is -1.07. The quantitative estimate of drug-likeness (QED) is 0.848. The summed E-state index contributed by atoms with van der Waals surface area (Å²) >= 11 is 1.45. The number of benzene rings is 1. The Morgan fingerprint density at radius 1 is 1.50 bits per heavy atom. The molecule has 0 amide bonds. The molecule has 0 bridgehead atoms. The summed E-state index contributed by atoms with van der Waals surface area (Å²) in [6.07, 6.45) is 2.00. The van der Waals surface area contributed by atoms with Crippen molar-refractivity contribution in [2.75, 3.05) is 18.8 Å². The van der Waals surface area contributed by atoms with Gasteiger partial charge in [-0.25, -0.2) is 4.39 Å². The summed E-state index contributed by atoms with van der Waals surface area (Å²) < 4.78 is 13.5. The van der Waals surface area contributed by atoms with Crippen molar-refractivity contribution in [3.63, 3.8) is 0 Å². The topological polar surface area (TPSA) is 40.5 Å². The van der Waals surface area contributed by atoms with Crippen LogP contribution < -0.4 is 0 Å². The molecule has 20 heavy (non-hydrogen) atoms. The second kappa shape index (κ2) is 7.09. The summed E-state index contributed by atoms with van der Waals surface area (Å²) in [5.41, 5.74) is 0. The zero-order valence-corrected chi connectivity index (χ0v) is 12.4. The first-order valence-electron chi connectivity index (χ1n) is 6.94. The van der Waals surface area contributed by atoms with E-state index in [0.717, 1.165) is 19.4 Å². The van der Waals surface area contributed by atoms with E-state index < -0.39 is 12.0 Å². The number of hydrogen-bond donors (Lipinski definition) is 1. The first-order chi connectivity index (χ1) is 9.59. The summed E-state index contributed by atoms with van der Waals surface area (Å²) in [5, 5.41) is 9.33. The molecule has 2 atom stereocenters. The molecule has 0 aromatic heterocycles. The molecule has 1 heterocycles. The molecule has 1 aromatic rings. The molecule has 0 saturated carbocycles. The van der Waals surface area contributed by atoms with Gasteiger partial charge in [0.05, 0.1) is 0 Å². The van der Waals surface area contributed by atoms with Crippen LogP contribution in [0.4, 0.5) is 4.39 Å². The van der Waals surface area contributed by atoms with E-state index in [2.05, 4.69) is 0 Å². The lowest BCUT2D eigenvalue weighted by atomic mass is 9.91. The molecular formula is C15H20FNO2S. The lowest BCUT2D eigenvalue weighted by molar-refractivity contribution is -0.146. The standard InChI is InChI=1S/C15H20FNO2S/c1-11-5-4-8-17(14(11)15(18)19)9-10-20-13-7-3-2-6-12(13)16/h2-3,6-7,11,14H,4-5,8-10H2,1H3,(H,18,19). The average Bonchev–Trinajstić information content (AvgIpc) is 2.40. The molecule has 3 nitrogen and oxygen atoms in total. The normalized spacial score (nSPS) is 23.7. The number of halogens is 1. The summed E-state index contributed by atoms with van der Waals surface area (Å²) in [6.45, 7) is 3.49. The number of nitrogens with zero attached hydrogens (tertiary/aromatic N) is 1. The molecule has 0 aliphatic carbocycles. The number of carboxylic acids is 1. The van der Waals surface area contributed by atoms with E-state index in [1.54, 1.807) is 12.1 Å². The van der Waals surface area contributed by atoms with Gasteiger partial charge in [-0.1, -0.05) is 19.1 Å². The number of thioether (sulfide) groups is 1. The van der Waals surface area contributed by atoms with E-state index in [9.17, 15) is 14.3 Å². The summed E-state index contributed by atoms with van der Waals surface area (Å²) in [7, 11) is 0. The molecule has 110 valence electrons. The van der Waals surface area contributed by atoms with Crippen LogP contribution in [0.25, 0.3) is 0 Å². The molecule has 2 unspecified atom stereocenters. The highest BCUT2D eigenvalue weighted by Gasteiger charge is 2.33. The largest absolute Gasteiger partial charge is 0.480 e. The molecule has 0 radical (unpaired) electrons. The van der Waals surface area contributed by atoms with Gasteiger partial charge in [0.2, 0.25) is 0 Å². The lowest BCUT2D eigenvalue weighted by Gasteiger charge is -2.37. The third-order valence-corrected chi connectivity index (χ3v) is 4.79. The highest BCUT2D eigenvalue weighted by atomic mass is 32.2. The Kier molecular flexibility index (Phi) is 5.43. The van der Waals surface area contributed by atoms with Crippen LogP contribution in [-0.4, -0.2) is 40.9 Å². The highest BCUT2D eigenvalue weighted by Crippen LogP contribution is 2.25. The fraction of sp³-hybridized carbons (Fsp3) is 0.533. The van der Waals surface area contributed by atoms with Gasteiger partial charge in [-0.2, -0.15) is 0 Å². The highest BCUT2D eigenvalue weighted by molar-refractivity contribution is 7.99. The van der Waals surface area contributed by atoms with Gasteiger partial charge < -0.3 is 5.11 Å². The van der Waals surface area contributed by atoms with Crippen LogP contribution >= 0.6 is 11.8 Å². The fourth-order valence-corrected chi connectivity index (χ4v) is 3.68. The minimum absolute atomic E-state index is 0.180. The first kappa shape index (κ1) is 15.3. The zero-order valence-electron chi connectivity index (χ0n) is 11.6. The number of hydrogen-bond acceptors (Lipinski definition) is 3. The van der Waals surface area contributed by atoms with Crippen LogP contribution in [0.2, 0.25) is 0 Å². The van der Waals surface area contributed by atoms with E-state index >= 15 is 0 Å². The number of piperidine rings is 1. The van der Waals surface area contributed by atoms with Crippen LogP contribution in [0.3, 0.4) is 0 Å². The Labute approximate surface area is 123 Å². The maximum absolute atomic E-state index is 13.5. The number of aliphatic carboxylic acids is 1. The van der Waals surface area contributed by atoms with Crippen LogP contribution in [-0.2, 0) is 4.79 Å². The number of rotatable bonds is 5. The SMILES string of the molecule is CC1CCCN(CCSc2ccccc2F)C1C(=O)O. The second-order valence-electron chi connectivity index (χ2n) is 5.22. The van der Waals surface area contributed by atoms with Crippen molar-refractivity contribution in [3.05, 3.63) is 30.1 Å². The molecule has 1 aliphatic rings. The maximum atomic E-state index is 13.5. The van der Waals surface area contributed by atoms with Crippen molar-refractivity contribution in [3.8, 4) is 0 Å². The Morgan fingerprint density at radius 3 is 2.95 bits per heavy atom. The van der Waals surface area contributed by atoms with Gasteiger partial charge >= 0.3 is 5.97 Å². The number of carbonyl (C=O) groups is 1. The Morgan fingerprint density at radius 2 is 2.25 bits per heavy atom. The second-order valence-corrected chi connectivity index (χ2v) is 6.35. The van der Waals surface area contributed by atoms with E-state index in [4.69, 9.17) is 0 Å². The Bertz CT molecular complexity index is 469. The summed E-state index contributed by atoms with van der Waals surface area (Å²) in [6, 6.07) is 6.30. The molecule has 2 rings (SSSR count). The van der Waals surface area contributed by atoms with Crippen LogP contribution in [0.1, 0.15) is 19.8 Å². The van der Waals surface area contributed by atoms with Crippen LogP contribution in [0, 0.1) is 11.7 Å². The van der Waals surface area contributed by atoms with Crippen molar-refractivity contribution in [1.82, 2.24) is 4.90 Å². The monoisotopic (exact) mass is 297 g/mol. The molecule has 0 spiro atoms. The van der Waals surface area contributed by atoms with Crippen molar-refractivity contribution < 1.29 is 14.3 Å². The van der Waals surface area contributed by atoms with Crippen molar-refractivity contribution >= 4 is 17.7 Å². The van der Waals surface area contributed by atoms with E-state index in [-0.39, 0.29) is 11.7 Å². The lowest BCUT2D eigenvalue weighted by Crippen LogP contribution is -2.49. The summed E-state index contributed by atoms with van der Waals surface area (Å²) in [5.74, 6) is -0.0654. The Balaban J connectivity index is 1.89. The van der Waals surface area contributed by atoms with Gasteiger partial charge in [0, 0.05) is 17.2 Å². The predicted molar refractivity (Wildman–Crippen MR) is 78.5 cm³/mol. The third kappa shape index (κ3) is 3.73. The zero-order chi connectivity index (χ0) is 14.5. The fourth-order valence-electron chi connectivity index (χ4n) is 2.76. The van der Waals surface area contributed by atoms with E-state index in [0.29, 0.717) is 17.2 Å². The minimum Gasteiger partial charge on any atom is -0.480 e. The number of carboxylic acid groups (broad SMARTS) is 1. The summed E-state index contributed by atoms with van der Waals surface area (Å²) in [4.78, 5) is 14.0. The van der Waals surface area contributed by atoms with Gasteiger partial charge in [0.1, 0.15) is 11.9 Å².